The van der Waals surface area contributed by atoms with Crippen LogP contribution in [-0.2, 0) is 16.0 Å². The molecule has 0 radical (unpaired) electrons. The average molecular weight is 511 g/mol. The summed E-state index contributed by atoms with van der Waals surface area (Å²) in [6.07, 6.45) is 1.91. The number of morpholine rings is 1. The maximum atomic E-state index is 12.8. The SMILES string of the molecule is CCOC(=O)c1ccc(NC(=O)Nc2ccc(-c3ccc(CN4CCOCC4)nc3)c3ccccc23)cc1. The van der Waals surface area contributed by atoms with Crippen molar-refractivity contribution in [1.29, 1.82) is 0 Å². The largest absolute Gasteiger partial charge is 0.462 e. The van der Waals surface area contributed by atoms with Crippen molar-refractivity contribution in [2.75, 3.05) is 43.5 Å². The fraction of sp³-hybridized carbons (Fsp3) is 0.233. The minimum absolute atomic E-state index is 0.310. The predicted octanol–water partition coefficient (Wildman–Crippen LogP) is 5.55. The van der Waals surface area contributed by atoms with E-state index in [9.17, 15) is 9.59 Å². The van der Waals surface area contributed by atoms with E-state index in [2.05, 4.69) is 27.7 Å². The van der Waals surface area contributed by atoms with E-state index >= 15 is 0 Å². The van der Waals surface area contributed by atoms with Crippen LogP contribution in [0, 0.1) is 0 Å². The number of carbonyl (C=O) groups excluding carboxylic acids is 2. The number of nitrogens with zero attached hydrogens (tertiary/aromatic N) is 2. The molecule has 8 nitrogen and oxygen atoms in total. The maximum Gasteiger partial charge on any atom is 0.338 e. The molecule has 1 aromatic heterocycles. The first kappa shape index (κ1) is 25.4. The Morgan fingerprint density at radius 1 is 0.921 bits per heavy atom. The van der Waals surface area contributed by atoms with Gasteiger partial charge in [-0.1, -0.05) is 36.4 Å². The normalized spacial score (nSPS) is 13.7. The second-order valence-electron chi connectivity index (χ2n) is 9.01. The van der Waals surface area contributed by atoms with E-state index in [1.54, 1.807) is 31.2 Å². The maximum absolute atomic E-state index is 12.8. The molecule has 1 saturated heterocycles. The number of anilines is 2. The zero-order chi connectivity index (χ0) is 26.3. The van der Waals surface area contributed by atoms with Gasteiger partial charge in [-0.2, -0.15) is 0 Å². The Morgan fingerprint density at radius 3 is 2.39 bits per heavy atom. The van der Waals surface area contributed by atoms with Crippen molar-refractivity contribution in [2.24, 2.45) is 0 Å². The lowest BCUT2D eigenvalue weighted by atomic mass is 9.98. The van der Waals surface area contributed by atoms with E-state index in [0.717, 1.165) is 60.4 Å². The Balaban J connectivity index is 1.30. The monoisotopic (exact) mass is 510 g/mol. The summed E-state index contributed by atoms with van der Waals surface area (Å²) in [5.74, 6) is -0.392. The summed E-state index contributed by atoms with van der Waals surface area (Å²) in [5, 5.41) is 7.71. The Bertz CT molecular complexity index is 1410. The molecule has 3 aromatic carbocycles. The second-order valence-corrected chi connectivity index (χ2v) is 9.01. The molecule has 194 valence electrons. The van der Waals surface area contributed by atoms with Crippen molar-refractivity contribution in [3.63, 3.8) is 0 Å². The zero-order valence-electron chi connectivity index (χ0n) is 21.3. The lowest BCUT2D eigenvalue weighted by molar-refractivity contribution is 0.0336. The highest BCUT2D eigenvalue weighted by Crippen LogP contribution is 2.33. The lowest BCUT2D eigenvalue weighted by Gasteiger charge is -2.26. The van der Waals surface area contributed by atoms with Gasteiger partial charge in [-0.25, -0.2) is 9.59 Å². The summed E-state index contributed by atoms with van der Waals surface area (Å²) in [5.41, 5.74) is 4.80. The predicted molar refractivity (Wildman–Crippen MR) is 148 cm³/mol. The highest BCUT2D eigenvalue weighted by atomic mass is 16.5. The van der Waals surface area contributed by atoms with Gasteiger partial charge in [-0.3, -0.25) is 9.88 Å². The van der Waals surface area contributed by atoms with Gasteiger partial charge in [0.1, 0.15) is 0 Å². The van der Waals surface area contributed by atoms with Gasteiger partial charge in [0.2, 0.25) is 0 Å². The molecule has 1 fully saturated rings. The fourth-order valence-corrected chi connectivity index (χ4v) is 4.51. The van der Waals surface area contributed by atoms with Gasteiger partial charge in [0.15, 0.2) is 0 Å². The third-order valence-corrected chi connectivity index (χ3v) is 6.45. The number of aromatic nitrogens is 1. The third-order valence-electron chi connectivity index (χ3n) is 6.45. The summed E-state index contributed by atoms with van der Waals surface area (Å²) in [7, 11) is 0. The van der Waals surface area contributed by atoms with Crippen LogP contribution in [-0.4, -0.2) is 54.8 Å². The van der Waals surface area contributed by atoms with Gasteiger partial charge in [0, 0.05) is 42.5 Å². The molecular formula is C30H30N4O4. The number of benzene rings is 3. The van der Waals surface area contributed by atoms with Gasteiger partial charge in [-0.05, 0) is 54.3 Å². The Morgan fingerprint density at radius 2 is 1.68 bits per heavy atom. The first-order valence-electron chi connectivity index (χ1n) is 12.7. The molecule has 2 heterocycles. The molecule has 1 aliphatic rings. The molecular weight excluding hydrogens is 480 g/mol. The van der Waals surface area contributed by atoms with Crippen LogP contribution in [0.2, 0.25) is 0 Å². The number of ether oxygens (including phenoxy) is 2. The van der Waals surface area contributed by atoms with E-state index in [1.807, 2.05) is 42.6 Å². The number of nitrogens with one attached hydrogen (secondary N) is 2. The summed E-state index contributed by atoms with van der Waals surface area (Å²) < 4.78 is 10.4. The quantitative estimate of drug-likeness (QED) is 0.317. The Labute approximate surface area is 221 Å². The smallest absolute Gasteiger partial charge is 0.338 e. The number of urea groups is 1. The molecule has 1 aliphatic heterocycles. The van der Waals surface area contributed by atoms with E-state index < -0.39 is 5.97 Å². The molecule has 0 unspecified atom stereocenters. The summed E-state index contributed by atoms with van der Waals surface area (Å²) in [6.45, 7) is 6.27. The first-order chi connectivity index (χ1) is 18.6. The fourth-order valence-electron chi connectivity index (χ4n) is 4.51. The van der Waals surface area contributed by atoms with Crippen LogP contribution in [0.4, 0.5) is 16.2 Å². The van der Waals surface area contributed by atoms with Crippen molar-refractivity contribution in [3.8, 4) is 11.1 Å². The van der Waals surface area contributed by atoms with E-state index in [-0.39, 0.29) is 6.03 Å². The number of amides is 2. The summed E-state index contributed by atoms with van der Waals surface area (Å²) >= 11 is 0. The summed E-state index contributed by atoms with van der Waals surface area (Å²) in [6, 6.07) is 22.3. The minimum Gasteiger partial charge on any atom is -0.462 e. The van der Waals surface area contributed by atoms with E-state index in [4.69, 9.17) is 14.5 Å². The number of esters is 1. The van der Waals surface area contributed by atoms with Crippen molar-refractivity contribution in [2.45, 2.75) is 13.5 Å². The molecule has 0 aliphatic carbocycles. The van der Waals surface area contributed by atoms with Crippen molar-refractivity contribution >= 4 is 34.1 Å². The van der Waals surface area contributed by atoms with Crippen LogP contribution in [0.3, 0.4) is 0 Å². The molecule has 0 bridgehead atoms. The molecule has 2 amide bonds. The van der Waals surface area contributed by atoms with E-state index in [1.165, 1.54) is 0 Å². The first-order valence-corrected chi connectivity index (χ1v) is 12.7. The average Bonchev–Trinajstić information content (AvgIpc) is 2.95. The zero-order valence-corrected chi connectivity index (χ0v) is 21.3. The highest BCUT2D eigenvalue weighted by Gasteiger charge is 2.14. The molecule has 8 heteroatoms. The van der Waals surface area contributed by atoms with Crippen LogP contribution in [0.1, 0.15) is 23.0 Å². The minimum atomic E-state index is -0.392. The van der Waals surface area contributed by atoms with Crippen molar-refractivity contribution in [3.05, 3.63) is 90.3 Å². The standard InChI is InChI=1S/C30H30N4O4/c1-2-38-29(35)21-7-10-23(11-8-21)32-30(36)33-28-14-13-25(26-5-3-4-6-27(26)28)22-9-12-24(31-19-22)20-34-15-17-37-18-16-34/h3-14,19H,2,15-18,20H2,1H3,(H2,32,33,36). The van der Waals surface area contributed by atoms with Crippen LogP contribution in [0.15, 0.2) is 79.0 Å². The number of carbonyl (C=O) groups is 2. The lowest BCUT2D eigenvalue weighted by Crippen LogP contribution is -2.35. The second kappa shape index (κ2) is 11.9. The third kappa shape index (κ3) is 5.99. The van der Waals surface area contributed by atoms with Crippen molar-refractivity contribution < 1.29 is 19.1 Å². The molecule has 2 N–H and O–H groups in total. The topological polar surface area (TPSA) is 92.8 Å². The number of hydrogen-bond acceptors (Lipinski definition) is 6. The van der Waals surface area contributed by atoms with Crippen LogP contribution in [0.5, 0.6) is 0 Å². The van der Waals surface area contributed by atoms with Crippen LogP contribution >= 0.6 is 0 Å². The van der Waals surface area contributed by atoms with Crippen molar-refractivity contribution in [1.82, 2.24) is 9.88 Å². The summed E-state index contributed by atoms with van der Waals surface area (Å²) in [4.78, 5) is 31.7. The molecule has 38 heavy (non-hydrogen) atoms. The number of fused-ring (bicyclic) bond motifs is 1. The molecule has 0 atom stereocenters. The Hall–Kier alpha value is -4.27. The van der Waals surface area contributed by atoms with Gasteiger partial charge in [0.05, 0.1) is 36.8 Å². The van der Waals surface area contributed by atoms with Gasteiger partial charge < -0.3 is 20.1 Å². The van der Waals surface area contributed by atoms with E-state index in [0.29, 0.717) is 23.5 Å². The Kier molecular flexibility index (Phi) is 7.92. The molecule has 0 saturated carbocycles. The van der Waals surface area contributed by atoms with Crippen LogP contribution < -0.4 is 10.6 Å². The highest BCUT2D eigenvalue weighted by molar-refractivity contribution is 6.09. The van der Waals surface area contributed by atoms with Crippen LogP contribution in [0.25, 0.3) is 21.9 Å². The number of pyridine rings is 1. The molecule has 0 spiro atoms. The van der Waals surface area contributed by atoms with Gasteiger partial charge >= 0.3 is 12.0 Å². The van der Waals surface area contributed by atoms with Gasteiger partial charge in [0.25, 0.3) is 0 Å². The molecule has 5 rings (SSSR count). The van der Waals surface area contributed by atoms with Gasteiger partial charge in [-0.15, -0.1) is 0 Å². The number of hydrogen-bond donors (Lipinski definition) is 2. The number of rotatable bonds is 7. The molecule has 4 aromatic rings.